The maximum Gasteiger partial charge on any atom is 0.244 e. The smallest absolute Gasteiger partial charge is 0.244 e. The SMILES string of the molecule is C=C(Cl)C[NH+]1CCN(S(=O)(=O)c2c(C)cc(C)cc2C)CC1. The van der Waals surface area contributed by atoms with Gasteiger partial charge in [0.15, 0.2) is 0 Å². The van der Waals surface area contributed by atoms with Gasteiger partial charge in [0.25, 0.3) is 0 Å². The summed E-state index contributed by atoms with van der Waals surface area (Å²) in [6.07, 6.45) is 0. The summed E-state index contributed by atoms with van der Waals surface area (Å²) in [7, 11) is -3.43. The minimum Gasteiger partial charge on any atom is -0.328 e. The average molecular weight is 344 g/mol. The minimum absolute atomic E-state index is 0.461. The molecule has 0 aromatic heterocycles. The molecule has 1 aliphatic rings. The zero-order valence-corrected chi connectivity index (χ0v) is 15.0. The fourth-order valence-corrected chi connectivity index (χ4v) is 5.24. The topological polar surface area (TPSA) is 41.8 Å². The van der Waals surface area contributed by atoms with E-state index in [4.69, 9.17) is 11.6 Å². The van der Waals surface area contributed by atoms with Gasteiger partial charge in [-0.3, -0.25) is 0 Å². The Morgan fingerprint density at radius 1 is 1.23 bits per heavy atom. The molecule has 2 rings (SSSR count). The van der Waals surface area contributed by atoms with Crippen LogP contribution in [0.2, 0.25) is 0 Å². The summed E-state index contributed by atoms with van der Waals surface area (Å²) in [6.45, 7) is 12.7. The number of aryl methyl sites for hydroxylation is 3. The van der Waals surface area contributed by atoms with Crippen LogP contribution in [0.15, 0.2) is 28.6 Å². The molecule has 0 aliphatic carbocycles. The van der Waals surface area contributed by atoms with Crippen molar-refractivity contribution < 1.29 is 13.3 Å². The largest absolute Gasteiger partial charge is 0.328 e. The van der Waals surface area contributed by atoms with E-state index >= 15 is 0 Å². The predicted octanol–water partition coefficient (Wildman–Crippen LogP) is 1.25. The number of piperazine rings is 1. The van der Waals surface area contributed by atoms with Crippen LogP contribution in [0.5, 0.6) is 0 Å². The van der Waals surface area contributed by atoms with Gasteiger partial charge in [-0.25, -0.2) is 8.42 Å². The van der Waals surface area contributed by atoms with Crippen LogP contribution in [-0.4, -0.2) is 45.4 Å². The molecule has 0 unspecified atom stereocenters. The molecule has 1 fully saturated rings. The third-order valence-corrected chi connectivity index (χ3v) is 6.41. The summed E-state index contributed by atoms with van der Waals surface area (Å²) in [5, 5.41) is 0.622. The Labute approximate surface area is 138 Å². The molecule has 22 heavy (non-hydrogen) atoms. The van der Waals surface area contributed by atoms with Crippen molar-refractivity contribution in [2.75, 3.05) is 32.7 Å². The molecule has 0 amide bonds. The van der Waals surface area contributed by atoms with Crippen LogP contribution in [0, 0.1) is 20.8 Å². The highest BCUT2D eigenvalue weighted by Crippen LogP contribution is 2.25. The van der Waals surface area contributed by atoms with E-state index in [1.54, 1.807) is 4.31 Å². The van der Waals surface area contributed by atoms with Gasteiger partial charge in [-0.2, -0.15) is 4.31 Å². The summed E-state index contributed by atoms with van der Waals surface area (Å²) < 4.78 is 27.5. The Morgan fingerprint density at radius 3 is 2.18 bits per heavy atom. The van der Waals surface area contributed by atoms with Gasteiger partial charge in [0.05, 0.1) is 36.1 Å². The molecular weight excluding hydrogens is 320 g/mol. The molecule has 0 saturated carbocycles. The molecule has 0 atom stereocenters. The van der Waals surface area contributed by atoms with Gasteiger partial charge in [0.1, 0.15) is 6.54 Å². The monoisotopic (exact) mass is 343 g/mol. The molecular formula is C16H24ClN2O2S+. The van der Waals surface area contributed by atoms with Gasteiger partial charge in [-0.1, -0.05) is 35.9 Å². The summed E-state index contributed by atoms with van der Waals surface area (Å²) in [5.74, 6) is 0. The van der Waals surface area contributed by atoms with E-state index < -0.39 is 10.0 Å². The van der Waals surface area contributed by atoms with Crippen molar-refractivity contribution >= 4 is 21.6 Å². The van der Waals surface area contributed by atoms with Crippen LogP contribution < -0.4 is 4.90 Å². The Morgan fingerprint density at radius 2 is 1.73 bits per heavy atom. The average Bonchev–Trinajstić information content (AvgIpc) is 2.36. The van der Waals surface area contributed by atoms with Crippen molar-refractivity contribution in [3.63, 3.8) is 0 Å². The van der Waals surface area contributed by atoms with Crippen molar-refractivity contribution in [3.8, 4) is 0 Å². The standard InChI is InChI=1S/C16H23ClN2O2S/c1-12-9-13(2)16(14(3)10-12)22(20,21)19-7-5-18(6-8-19)11-15(4)17/h9-10H,4-8,11H2,1-3H3/p+1. The highest BCUT2D eigenvalue weighted by Gasteiger charge is 2.32. The predicted molar refractivity (Wildman–Crippen MR) is 90.0 cm³/mol. The van der Waals surface area contributed by atoms with Gasteiger partial charge in [-0.15, -0.1) is 0 Å². The zero-order valence-electron chi connectivity index (χ0n) is 13.4. The van der Waals surface area contributed by atoms with Gasteiger partial charge >= 0.3 is 0 Å². The summed E-state index contributed by atoms with van der Waals surface area (Å²) in [6, 6.07) is 3.86. The maximum atomic E-state index is 12.9. The molecule has 0 bridgehead atoms. The quantitative estimate of drug-likeness (QED) is 0.894. The van der Waals surface area contributed by atoms with Crippen molar-refractivity contribution in [1.29, 1.82) is 0 Å². The molecule has 122 valence electrons. The molecule has 1 saturated heterocycles. The third-order valence-electron chi connectivity index (χ3n) is 4.07. The van der Waals surface area contributed by atoms with Gasteiger partial charge in [0, 0.05) is 0 Å². The van der Waals surface area contributed by atoms with Crippen LogP contribution in [0.3, 0.4) is 0 Å². The Bertz CT molecular complexity index is 654. The van der Waals surface area contributed by atoms with Gasteiger partial charge < -0.3 is 4.90 Å². The van der Waals surface area contributed by atoms with E-state index in [2.05, 4.69) is 6.58 Å². The van der Waals surface area contributed by atoms with E-state index in [1.165, 1.54) is 4.90 Å². The number of halogens is 1. The lowest BCUT2D eigenvalue weighted by atomic mass is 10.1. The van der Waals surface area contributed by atoms with Gasteiger partial charge in [0.2, 0.25) is 10.0 Å². The summed E-state index contributed by atoms with van der Waals surface area (Å²) in [4.78, 5) is 1.74. The Hall–Kier alpha value is -0.880. The molecule has 1 aromatic rings. The summed E-state index contributed by atoms with van der Waals surface area (Å²) in [5.41, 5.74) is 2.73. The van der Waals surface area contributed by atoms with Crippen molar-refractivity contribution in [3.05, 3.63) is 40.4 Å². The number of hydrogen-bond donors (Lipinski definition) is 1. The highest BCUT2D eigenvalue weighted by atomic mass is 35.5. The van der Waals surface area contributed by atoms with Gasteiger partial charge in [-0.05, 0) is 31.9 Å². The lowest BCUT2D eigenvalue weighted by molar-refractivity contribution is -0.898. The Kier molecular flexibility index (Phi) is 5.33. The fourth-order valence-electron chi connectivity index (χ4n) is 3.19. The normalized spacial score (nSPS) is 17.6. The first-order valence-electron chi connectivity index (χ1n) is 7.46. The van der Waals surface area contributed by atoms with E-state index in [0.717, 1.165) is 29.8 Å². The first-order chi connectivity index (χ1) is 10.2. The van der Waals surface area contributed by atoms with E-state index in [-0.39, 0.29) is 0 Å². The van der Waals surface area contributed by atoms with Crippen LogP contribution in [0.4, 0.5) is 0 Å². The second-order valence-corrected chi connectivity index (χ2v) is 8.49. The maximum absolute atomic E-state index is 12.9. The second-order valence-electron chi connectivity index (χ2n) is 6.08. The minimum atomic E-state index is -3.43. The van der Waals surface area contributed by atoms with E-state index in [0.29, 0.717) is 29.6 Å². The lowest BCUT2D eigenvalue weighted by Crippen LogP contribution is -3.14. The number of quaternary nitrogens is 1. The molecule has 1 heterocycles. The molecule has 4 nitrogen and oxygen atoms in total. The fraction of sp³-hybridized carbons (Fsp3) is 0.500. The summed E-state index contributed by atoms with van der Waals surface area (Å²) >= 11 is 5.84. The zero-order chi connectivity index (χ0) is 16.5. The number of hydrogen-bond acceptors (Lipinski definition) is 2. The molecule has 1 aliphatic heterocycles. The first-order valence-corrected chi connectivity index (χ1v) is 9.28. The third kappa shape index (κ3) is 3.71. The second kappa shape index (κ2) is 6.71. The van der Waals surface area contributed by atoms with Crippen LogP contribution >= 0.6 is 11.6 Å². The molecule has 1 aromatic carbocycles. The van der Waals surface area contributed by atoms with E-state index in [1.807, 2.05) is 32.9 Å². The number of nitrogens with zero attached hydrogens (tertiary/aromatic N) is 1. The highest BCUT2D eigenvalue weighted by molar-refractivity contribution is 7.89. The number of benzene rings is 1. The molecule has 1 N–H and O–H groups in total. The molecule has 0 radical (unpaired) electrons. The van der Waals surface area contributed by atoms with Crippen molar-refractivity contribution in [2.24, 2.45) is 0 Å². The Balaban J connectivity index is 2.21. The van der Waals surface area contributed by atoms with Crippen molar-refractivity contribution in [1.82, 2.24) is 4.31 Å². The van der Waals surface area contributed by atoms with Crippen molar-refractivity contribution in [2.45, 2.75) is 25.7 Å². The van der Waals surface area contributed by atoms with Crippen LogP contribution in [0.25, 0.3) is 0 Å². The number of sulfonamides is 1. The van der Waals surface area contributed by atoms with Crippen LogP contribution in [-0.2, 0) is 10.0 Å². The number of rotatable bonds is 4. The lowest BCUT2D eigenvalue weighted by Gasteiger charge is -2.32. The van der Waals surface area contributed by atoms with Crippen LogP contribution in [0.1, 0.15) is 16.7 Å². The molecule has 6 heteroatoms. The number of nitrogens with one attached hydrogen (secondary N) is 1. The first kappa shape index (κ1) is 17.5. The molecule has 0 spiro atoms. The van der Waals surface area contributed by atoms with E-state index in [9.17, 15) is 8.42 Å².